The molecule has 0 bridgehead atoms. The maximum atomic E-state index is 12.0. The van der Waals surface area contributed by atoms with E-state index >= 15 is 0 Å². The maximum absolute atomic E-state index is 12.0. The Balaban J connectivity index is 1.95. The highest BCUT2D eigenvalue weighted by Crippen LogP contribution is 2.16. The molecule has 0 aromatic heterocycles. The van der Waals surface area contributed by atoms with Crippen molar-refractivity contribution in [2.45, 2.75) is 19.8 Å². The summed E-state index contributed by atoms with van der Waals surface area (Å²) in [5, 5.41) is 10.6. The summed E-state index contributed by atoms with van der Waals surface area (Å²) in [6.07, 6.45) is 0. The zero-order valence-corrected chi connectivity index (χ0v) is 13.4. The van der Waals surface area contributed by atoms with Gasteiger partial charge in [-0.1, -0.05) is 38.1 Å². The number of nitro groups is 1. The quantitative estimate of drug-likeness (QED) is 0.349. The Morgan fingerprint density at radius 2 is 1.54 bits per heavy atom. The van der Waals surface area contributed by atoms with E-state index in [-0.39, 0.29) is 23.6 Å². The van der Waals surface area contributed by atoms with Gasteiger partial charge in [0.2, 0.25) is 0 Å². The summed E-state index contributed by atoms with van der Waals surface area (Å²) in [5.74, 6) is -0.633. The lowest BCUT2D eigenvalue weighted by Gasteiger charge is -2.07. The summed E-state index contributed by atoms with van der Waals surface area (Å²) in [6.45, 7) is 3.74. The first-order valence-electron chi connectivity index (χ1n) is 7.43. The van der Waals surface area contributed by atoms with Crippen molar-refractivity contribution in [2.24, 2.45) is 0 Å². The second-order valence-corrected chi connectivity index (χ2v) is 5.58. The van der Waals surface area contributed by atoms with E-state index in [4.69, 9.17) is 4.74 Å². The lowest BCUT2D eigenvalue weighted by atomic mass is 10.0. The third-order valence-electron chi connectivity index (χ3n) is 3.55. The van der Waals surface area contributed by atoms with Gasteiger partial charge in [0.15, 0.2) is 12.4 Å². The number of nitro benzene ring substituents is 1. The lowest BCUT2D eigenvalue weighted by molar-refractivity contribution is -0.384. The Morgan fingerprint density at radius 3 is 2.04 bits per heavy atom. The Morgan fingerprint density at radius 1 is 1.00 bits per heavy atom. The van der Waals surface area contributed by atoms with Crippen LogP contribution in [0.3, 0.4) is 0 Å². The van der Waals surface area contributed by atoms with Crippen LogP contribution in [0.2, 0.25) is 0 Å². The van der Waals surface area contributed by atoms with Gasteiger partial charge >= 0.3 is 5.97 Å². The van der Waals surface area contributed by atoms with Crippen LogP contribution in [-0.2, 0) is 4.74 Å². The number of non-ortho nitro benzene ring substituents is 1. The van der Waals surface area contributed by atoms with E-state index in [0.717, 1.165) is 5.56 Å². The summed E-state index contributed by atoms with van der Waals surface area (Å²) in [4.78, 5) is 33.9. The SMILES string of the molecule is CC(C)c1ccc(C(=O)COC(=O)c2ccc([N+](=O)[O-])cc2)cc1. The van der Waals surface area contributed by atoms with Gasteiger partial charge in [-0.05, 0) is 23.6 Å². The van der Waals surface area contributed by atoms with Gasteiger partial charge in [0.05, 0.1) is 10.5 Å². The van der Waals surface area contributed by atoms with Crippen molar-refractivity contribution in [1.29, 1.82) is 0 Å². The predicted molar refractivity (Wildman–Crippen MR) is 88.2 cm³/mol. The monoisotopic (exact) mass is 327 g/mol. The second kappa shape index (κ2) is 7.50. The van der Waals surface area contributed by atoms with Crippen LogP contribution in [0.5, 0.6) is 0 Å². The first kappa shape index (κ1) is 17.3. The standard InChI is InChI=1S/C18H17NO5/c1-12(2)13-3-5-14(6-4-13)17(20)11-24-18(21)15-7-9-16(10-8-15)19(22)23/h3-10,12H,11H2,1-2H3. The summed E-state index contributed by atoms with van der Waals surface area (Å²) in [7, 11) is 0. The van der Waals surface area contributed by atoms with Crippen molar-refractivity contribution < 1.29 is 19.2 Å². The summed E-state index contributed by atoms with van der Waals surface area (Å²) in [5.41, 5.74) is 1.63. The molecule has 0 saturated carbocycles. The van der Waals surface area contributed by atoms with E-state index in [1.165, 1.54) is 24.3 Å². The molecule has 0 fully saturated rings. The maximum Gasteiger partial charge on any atom is 0.338 e. The zero-order valence-electron chi connectivity index (χ0n) is 13.4. The van der Waals surface area contributed by atoms with E-state index in [1.54, 1.807) is 12.1 Å². The van der Waals surface area contributed by atoms with Crippen LogP contribution in [-0.4, -0.2) is 23.3 Å². The van der Waals surface area contributed by atoms with Crippen LogP contribution in [0, 0.1) is 10.1 Å². The van der Waals surface area contributed by atoms with Gasteiger partial charge in [0.1, 0.15) is 0 Å². The second-order valence-electron chi connectivity index (χ2n) is 5.58. The molecule has 24 heavy (non-hydrogen) atoms. The van der Waals surface area contributed by atoms with E-state index in [0.29, 0.717) is 11.5 Å². The van der Waals surface area contributed by atoms with Crippen LogP contribution >= 0.6 is 0 Å². The van der Waals surface area contributed by atoms with E-state index in [2.05, 4.69) is 13.8 Å². The highest BCUT2D eigenvalue weighted by molar-refractivity contribution is 5.99. The molecule has 0 saturated heterocycles. The van der Waals surface area contributed by atoms with Gasteiger partial charge in [-0.15, -0.1) is 0 Å². The van der Waals surface area contributed by atoms with Crippen LogP contribution in [0.1, 0.15) is 46.0 Å². The Labute approximate surface area is 139 Å². The molecule has 2 aromatic carbocycles. The summed E-state index contributed by atoms with van der Waals surface area (Å²) in [6, 6.07) is 12.2. The lowest BCUT2D eigenvalue weighted by Crippen LogP contribution is -2.14. The zero-order chi connectivity index (χ0) is 17.7. The Hall–Kier alpha value is -3.02. The number of hydrogen-bond donors (Lipinski definition) is 0. The highest BCUT2D eigenvalue weighted by atomic mass is 16.6. The molecule has 2 rings (SSSR count). The normalized spacial score (nSPS) is 10.5. The molecular formula is C18H17NO5. The minimum Gasteiger partial charge on any atom is -0.454 e. The first-order valence-corrected chi connectivity index (χ1v) is 7.43. The minimum absolute atomic E-state index is 0.118. The van der Waals surface area contributed by atoms with Crippen molar-refractivity contribution in [3.63, 3.8) is 0 Å². The molecular weight excluding hydrogens is 310 g/mol. The third-order valence-corrected chi connectivity index (χ3v) is 3.55. The van der Waals surface area contributed by atoms with Gasteiger partial charge in [0.25, 0.3) is 5.69 Å². The molecule has 0 amide bonds. The Kier molecular flexibility index (Phi) is 5.42. The predicted octanol–water partition coefficient (Wildman–Crippen LogP) is 3.76. The largest absolute Gasteiger partial charge is 0.454 e. The number of carbonyl (C=O) groups excluding carboxylic acids is 2. The number of carbonyl (C=O) groups is 2. The minimum atomic E-state index is -0.697. The molecule has 6 heteroatoms. The molecule has 124 valence electrons. The molecule has 0 spiro atoms. The first-order chi connectivity index (χ1) is 11.4. The molecule has 0 atom stereocenters. The molecule has 0 radical (unpaired) electrons. The molecule has 0 aliphatic rings. The van der Waals surface area contributed by atoms with Crippen molar-refractivity contribution >= 4 is 17.4 Å². The third kappa shape index (κ3) is 4.25. The smallest absolute Gasteiger partial charge is 0.338 e. The van der Waals surface area contributed by atoms with Gasteiger partial charge < -0.3 is 4.74 Å². The number of ketones is 1. The molecule has 2 aromatic rings. The van der Waals surface area contributed by atoms with Crippen LogP contribution in [0.15, 0.2) is 48.5 Å². The van der Waals surface area contributed by atoms with Crippen molar-refractivity contribution in [3.8, 4) is 0 Å². The molecule has 0 N–H and O–H groups in total. The fourth-order valence-electron chi connectivity index (χ4n) is 2.07. The van der Waals surface area contributed by atoms with Crippen molar-refractivity contribution in [2.75, 3.05) is 6.61 Å². The van der Waals surface area contributed by atoms with Gasteiger partial charge in [0, 0.05) is 17.7 Å². The topological polar surface area (TPSA) is 86.5 Å². The molecule has 6 nitrogen and oxygen atoms in total. The number of rotatable bonds is 6. The van der Waals surface area contributed by atoms with Crippen LogP contribution < -0.4 is 0 Å². The summed E-state index contributed by atoms with van der Waals surface area (Å²) >= 11 is 0. The number of nitrogens with zero attached hydrogens (tertiary/aromatic N) is 1. The van der Waals surface area contributed by atoms with Gasteiger partial charge in [-0.25, -0.2) is 4.79 Å². The van der Waals surface area contributed by atoms with Crippen LogP contribution in [0.4, 0.5) is 5.69 Å². The average molecular weight is 327 g/mol. The molecule has 0 aliphatic carbocycles. The number of ether oxygens (including phenoxy) is 1. The fraction of sp³-hybridized carbons (Fsp3) is 0.222. The fourth-order valence-corrected chi connectivity index (χ4v) is 2.07. The van der Waals surface area contributed by atoms with E-state index in [1.807, 2.05) is 12.1 Å². The van der Waals surface area contributed by atoms with Gasteiger partial charge in [-0.3, -0.25) is 14.9 Å². The number of Topliss-reactive ketones (excluding diaryl/α,β-unsaturated/α-hetero) is 1. The number of hydrogen-bond acceptors (Lipinski definition) is 5. The van der Waals surface area contributed by atoms with Gasteiger partial charge in [-0.2, -0.15) is 0 Å². The highest BCUT2D eigenvalue weighted by Gasteiger charge is 2.13. The summed E-state index contributed by atoms with van der Waals surface area (Å²) < 4.78 is 4.96. The number of esters is 1. The molecule has 0 heterocycles. The average Bonchev–Trinajstić information content (AvgIpc) is 2.59. The van der Waals surface area contributed by atoms with Crippen LogP contribution in [0.25, 0.3) is 0 Å². The van der Waals surface area contributed by atoms with Crippen molar-refractivity contribution in [3.05, 3.63) is 75.3 Å². The molecule has 0 unspecified atom stereocenters. The number of benzene rings is 2. The molecule has 0 aliphatic heterocycles. The Bertz CT molecular complexity index is 748. The van der Waals surface area contributed by atoms with Crippen molar-refractivity contribution in [1.82, 2.24) is 0 Å². The van der Waals surface area contributed by atoms with E-state index < -0.39 is 10.9 Å². The van der Waals surface area contributed by atoms with E-state index in [9.17, 15) is 19.7 Å².